The van der Waals surface area contributed by atoms with Gasteiger partial charge in [0.05, 0.1) is 11.4 Å². The normalized spacial score (nSPS) is 19.9. The number of hydrogen-bond acceptors (Lipinski definition) is 3. The average molecular weight is 293 g/mol. The van der Waals surface area contributed by atoms with Crippen LogP contribution in [0.5, 0.6) is 0 Å². The molecule has 0 saturated carbocycles. The van der Waals surface area contributed by atoms with Crippen LogP contribution in [-0.4, -0.2) is 30.4 Å². The zero-order chi connectivity index (χ0) is 14.5. The van der Waals surface area contributed by atoms with Crippen LogP contribution in [0.4, 0.5) is 0 Å². The van der Waals surface area contributed by atoms with Gasteiger partial charge < -0.3 is 10.1 Å². The molecule has 0 spiro atoms. The number of rotatable bonds is 5. The standard InChI is InChI=1S/C16H23NO2S/c1-11-6-7-15(12(2)9-11)20-13(3)16(18)17-10-14-5-4-8-19-14/h6-7,9,13-14H,4-5,8,10H2,1-3H3,(H,17,18)/t13-,14+/m1/s1. The Morgan fingerprint density at radius 3 is 2.95 bits per heavy atom. The van der Waals surface area contributed by atoms with Crippen molar-refractivity contribution in [2.45, 2.75) is 49.9 Å². The molecule has 1 saturated heterocycles. The van der Waals surface area contributed by atoms with Gasteiger partial charge in [-0.2, -0.15) is 0 Å². The largest absolute Gasteiger partial charge is 0.376 e. The lowest BCUT2D eigenvalue weighted by molar-refractivity contribution is -0.120. The fourth-order valence-electron chi connectivity index (χ4n) is 2.34. The highest BCUT2D eigenvalue weighted by Crippen LogP contribution is 2.27. The Kier molecular flexibility index (Phi) is 5.49. The van der Waals surface area contributed by atoms with Gasteiger partial charge in [0.2, 0.25) is 5.91 Å². The Labute approximate surface area is 125 Å². The molecule has 1 aliphatic heterocycles. The highest BCUT2D eigenvalue weighted by molar-refractivity contribution is 8.00. The maximum Gasteiger partial charge on any atom is 0.233 e. The monoisotopic (exact) mass is 293 g/mol. The predicted molar refractivity (Wildman–Crippen MR) is 83.2 cm³/mol. The van der Waals surface area contributed by atoms with Gasteiger partial charge in [0.25, 0.3) is 0 Å². The molecule has 0 bridgehead atoms. The number of aryl methyl sites for hydroxylation is 2. The molecule has 4 heteroatoms. The van der Waals surface area contributed by atoms with Gasteiger partial charge in [0, 0.05) is 18.0 Å². The van der Waals surface area contributed by atoms with E-state index in [1.165, 1.54) is 16.0 Å². The van der Waals surface area contributed by atoms with Crippen LogP contribution in [0, 0.1) is 13.8 Å². The molecule has 0 unspecified atom stereocenters. The lowest BCUT2D eigenvalue weighted by Crippen LogP contribution is -2.36. The first-order valence-electron chi connectivity index (χ1n) is 7.19. The molecule has 3 nitrogen and oxygen atoms in total. The minimum Gasteiger partial charge on any atom is -0.376 e. The fourth-order valence-corrected chi connectivity index (χ4v) is 3.30. The minimum absolute atomic E-state index is 0.0854. The molecule has 1 heterocycles. The van der Waals surface area contributed by atoms with Gasteiger partial charge in [-0.1, -0.05) is 17.7 Å². The van der Waals surface area contributed by atoms with Crippen LogP contribution in [0.3, 0.4) is 0 Å². The molecule has 1 N–H and O–H groups in total. The van der Waals surface area contributed by atoms with Gasteiger partial charge in [-0.25, -0.2) is 0 Å². The van der Waals surface area contributed by atoms with E-state index in [4.69, 9.17) is 4.74 Å². The molecule has 110 valence electrons. The Balaban J connectivity index is 1.83. The highest BCUT2D eigenvalue weighted by Gasteiger charge is 2.19. The lowest BCUT2D eigenvalue weighted by Gasteiger charge is -2.15. The van der Waals surface area contributed by atoms with Crippen molar-refractivity contribution in [1.82, 2.24) is 5.32 Å². The predicted octanol–water partition coefficient (Wildman–Crippen LogP) is 3.08. The maximum atomic E-state index is 12.1. The number of benzene rings is 1. The van der Waals surface area contributed by atoms with Gasteiger partial charge in [0.1, 0.15) is 0 Å². The summed E-state index contributed by atoms with van der Waals surface area (Å²) in [5.74, 6) is 0.0884. The molecule has 0 aromatic heterocycles. The van der Waals surface area contributed by atoms with Crippen molar-refractivity contribution in [3.8, 4) is 0 Å². The molecular formula is C16H23NO2S. The number of thioether (sulfide) groups is 1. The first-order chi connectivity index (χ1) is 9.56. The van der Waals surface area contributed by atoms with Gasteiger partial charge >= 0.3 is 0 Å². The van der Waals surface area contributed by atoms with Crippen molar-refractivity contribution in [2.75, 3.05) is 13.2 Å². The Bertz CT molecular complexity index is 470. The quantitative estimate of drug-likeness (QED) is 0.848. The van der Waals surface area contributed by atoms with E-state index < -0.39 is 0 Å². The van der Waals surface area contributed by atoms with Crippen molar-refractivity contribution in [1.29, 1.82) is 0 Å². The number of hydrogen-bond donors (Lipinski definition) is 1. The summed E-state index contributed by atoms with van der Waals surface area (Å²) in [5, 5.41) is 2.91. The zero-order valence-electron chi connectivity index (χ0n) is 12.4. The van der Waals surface area contributed by atoms with Crippen LogP contribution < -0.4 is 5.32 Å². The lowest BCUT2D eigenvalue weighted by atomic mass is 10.2. The van der Waals surface area contributed by atoms with Gasteiger partial charge in [-0.3, -0.25) is 4.79 Å². The van der Waals surface area contributed by atoms with Crippen LogP contribution in [0.2, 0.25) is 0 Å². The number of nitrogens with one attached hydrogen (secondary N) is 1. The summed E-state index contributed by atoms with van der Waals surface area (Å²) in [6, 6.07) is 6.34. The third-order valence-electron chi connectivity index (χ3n) is 3.53. The number of carbonyl (C=O) groups is 1. The number of amides is 1. The van der Waals surface area contributed by atoms with E-state index in [2.05, 4.69) is 37.4 Å². The first-order valence-corrected chi connectivity index (χ1v) is 8.07. The van der Waals surface area contributed by atoms with Gasteiger partial charge in [0.15, 0.2) is 0 Å². The Morgan fingerprint density at radius 2 is 2.30 bits per heavy atom. The molecule has 0 aliphatic carbocycles. The van der Waals surface area contributed by atoms with Crippen molar-refractivity contribution >= 4 is 17.7 Å². The van der Waals surface area contributed by atoms with E-state index in [-0.39, 0.29) is 17.3 Å². The second kappa shape index (κ2) is 7.14. The summed E-state index contributed by atoms with van der Waals surface area (Å²) in [4.78, 5) is 13.3. The van der Waals surface area contributed by atoms with Crippen LogP contribution in [0.1, 0.15) is 30.9 Å². The Morgan fingerprint density at radius 1 is 1.50 bits per heavy atom. The third-order valence-corrected chi connectivity index (χ3v) is 4.81. The Hall–Kier alpha value is -1.00. The van der Waals surface area contributed by atoms with E-state index in [9.17, 15) is 4.79 Å². The molecule has 1 amide bonds. The molecule has 0 radical (unpaired) electrons. The van der Waals surface area contributed by atoms with E-state index in [0.29, 0.717) is 6.54 Å². The van der Waals surface area contributed by atoms with Crippen LogP contribution in [-0.2, 0) is 9.53 Å². The molecule has 1 aromatic rings. The topological polar surface area (TPSA) is 38.3 Å². The maximum absolute atomic E-state index is 12.1. The summed E-state index contributed by atoms with van der Waals surface area (Å²) in [6.45, 7) is 7.59. The summed E-state index contributed by atoms with van der Waals surface area (Å²) < 4.78 is 5.51. The summed E-state index contributed by atoms with van der Waals surface area (Å²) in [7, 11) is 0. The SMILES string of the molecule is Cc1ccc(S[C@H](C)C(=O)NC[C@@H]2CCCO2)c(C)c1. The van der Waals surface area contributed by atoms with Crippen molar-refractivity contribution in [2.24, 2.45) is 0 Å². The minimum atomic E-state index is -0.0854. The molecule has 2 atom stereocenters. The zero-order valence-corrected chi connectivity index (χ0v) is 13.3. The number of ether oxygens (including phenoxy) is 1. The van der Waals surface area contributed by atoms with Crippen LogP contribution in [0.25, 0.3) is 0 Å². The van der Waals surface area contributed by atoms with Gasteiger partial charge in [-0.05, 0) is 45.2 Å². The van der Waals surface area contributed by atoms with E-state index in [0.717, 1.165) is 19.4 Å². The summed E-state index contributed by atoms with van der Waals surface area (Å²) >= 11 is 1.62. The molecule has 1 aliphatic rings. The molecule has 1 fully saturated rings. The van der Waals surface area contributed by atoms with E-state index in [1.807, 2.05) is 6.92 Å². The van der Waals surface area contributed by atoms with E-state index >= 15 is 0 Å². The molecule has 2 rings (SSSR count). The van der Waals surface area contributed by atoms with Crippen LogP contribution in [0.15, 0.2) is 23.1 Å². The number of carbonyl (C=O) groups excluding carboxylic acids is 1. The first kappa shape index (κ1) is 15.4. The van der Waals surface area contributed by atoms with Gasteiger partial charge in [-0.15, -0.1) is 11.8 Å². The van der Waals surface area contributed by atoms with Crippen molar-refractivity contribution in [3.05, 3.63) is 29.3 Å². The van der Waals surface area contributed by atoms with E-state index in [1.54, 1.807) is 11.8 Å². The second-order valence-corrected chi connectivity index (χ2v) is 6.79. The highest BCUT2D eigenvalue weighted by atomic mass is 32.2. The van der Waals surface area contributed by atoms with Crippen molar-refractivity contribution in [3.63, 3.8) is 0 Å². The van der Waals surface area contributed by atoms with Crippen LogP contribution >= 0.6 is 11.8 Å². The third kappa shape index (κ3) is 4.25. The summed E-state index contributed by atoms with van der Waals surface area (Å²) in [5.41, 5.74) is 2.48. The fraction of sp³-hybridized carbons (Fsp3) is 0.562. The molecule has 1 aromatic carbocycles. The average Bonchev–Trinajstić information content (AvgIpc) is 2.92. The smallest absolute Gasteiger partial charge is 0.233 e. The molecule has 20 heavy (non-hydrogen) atoms. The van der Waals surface area contributed by atoms with Crippen molar-refractivity contribution < 1.29 is 9.53 Å². The summed E-state index contributed by atoms with van der Waals surface area (Å²) in [6.07, 6.45) is 2.36. The molecular weight excluding hydrogens is 270 g/mol. The second-order valence-electron chi connectivity index (χ2n) is 5.41.